The summed E-state index contributed by atoms with van der Waals surface area (Å²) >= 11 is 0. The summed E-state index contributed by atoms with van der Waals surface area (Å²) in [6, 6.07) is -0.886. The molecular weight excluding hydrogens is 478 g/mol. The number of carbonyl (C=O) groups is 3. The van der Waals surface area contributed by atoms with Gasteiger partial charge in [0.15, 0.2) is 0 Å². The van der Waals surface area contributed by atoms with Gasteiger partial charge in [-0.2, -0.15) is 0 Å². The number of fused-ring (bicyclic) bond motifs is 1. The highest BCUT2D eigenvalue weighted by atomic mass is 16.6. The van der Waals surface area contributed by atoms with Gasteiger partial charge in [0.1, 0.15) is 24.2 Å². The van der Waals surface area contributed by atoms with E-state index in [1.807, 2.05) is 13.8 Å². The van der Waals surface area contributed by atoms with E-state index in [0.29, 0.717) is 45.7 Å². The fourth-order valence-electron chi connectivity index (χ4n) is 6.80. The van der Waals surface area contributed by atoms with E-state index >= 15 is 0 Å². The van der Waals surface area contributed by atoms with Crippen LogP contribution in [0.3, 0.4) is 0 Å². The number of nitrogens with zero attached hydrogens (tertiary/aromatic N) is 3. The number of aliphatic hydroxyl groups is 1. The Balaban J connectivity index is 1.67. The number of morpholine rings is 1. The van der Waals surface area contributed by atoms with Gasteiger partial charge < -0.3 is 29.1 Å². The summed E-state index contributed by atoms with van der Waals surface area (Å²) in [5.41, 5.74) is -2.05. The van der Waals surface area contributed by atoms with Crippen LogP contribution in [0.1, 0.15) is 26.7 Å². The van der Waals surface area contributed by atoms with Gasteiger partial charge in [-0.3, -0.25) is 19.3 Å². The number of rotatable bonds is 12. The van der Waals surface area contributed by atoms with Crippen molar-refractivity contribution in [2.75, 3.05) is 65.7 Å². The molecule has 206 valence electrons. The number of aliphatic hydroxyl groups excluding tert-OH is 1. The maximum absolute atomic E-state index is 14.3. The average molecular weight is 520 g/mol. The first-order valence-electron chi connectivity index (χ1n) is 13.3. The van der Waals surface area contributed by atoms with Crippen molar-refractivity contribution in [3.63, 3.8) is 0 Å². The Morgan fingerprint density at radius 3 is 2.62 bits per heavy atom. The highest BCUT2D eigenvalue weighted by Gasteiger charge is 2.80. The molecule has 0 aromatic rings. The predicted molar refractivity (Wildman–Crippen MR) is 135 cm³/mol. The smallest absolute Gasteiger partial charge is 0.313 e. The van der Waals surface area contributed by atoms with Gasteiger partial charge in [-0.15, -0.1) is 6.58 Å². The summed E-state index contributed by atoms with van der Waals surface area (Å²) in [6.45, 7) is 15.9. The molecule has 6 atom stereocenters. The molecule has 2 bridgehead atoms. The van der Waals surface area contributed by atoms with Gasteiger partial charge in [0.2, 0.25) is 11.8 Å². The second kappa shape index (κ2) is 11.2. The molecule has 4 heterocycles. The first kappa shape index (κ1) is 27.8. The van der Waals surface area contributed by atoms with Gasteiger partial charge in [0, 0.05) is 45.9 Å². The zero-order chi connectivity index (χ0) is 26.8. The monoisotopic (exact) mass is 519 g/mol. The van der Waals surface area contributed by atoms with Crippen LogP contribution < -0.4 is 0 Å². The predicted octanol–water partition coefficient (Wildman–Crippen LogP) is 0.456. The third-order valence-electron chi connectivity index (χ3n) is 8.65. The third-order valence-corrected chi connectivity index (χ3v) is 8.65. The molecule has 4 aliphatic rings. The maximum atomic E-state index is 14.3. The number of hydrogen-bond donors (Lipinski definition) is 1. The van der Waals surface area contributed by atoms with E-state index in [0.717, 1.165) is 13.1 Å². The van der Waals surface area contributed by atoms with E-state index in [9.17, 15) is 19.5 Å². The summed E-state index contributed by atoms with van der Waals surface area (Å²) in [5, 5.41) is 9.54. The van der Waals surface area contributed by atoms with Crippen molar-refractivity contribution in [2.45, 2.75) is 43.9 Å². The molecule has 3 unspecified atom stereocenters. The lowest BCUT2D eigenvalue weighted by Gasteiger charge is -2.38. The molecule has 4 aliphatic heterocycles. The first-order chi connectivity index (χ1) is 17.7. The van der Waals surface area contributed by atoms with Crippen molar-refractivity contribution in [1.29, 1.82) is 0 Å². The third kappa shape index (κ3) is 4.73. The molecule has 0 radical (unpaired) electrons. The minimum absolute atomic E-state index is 0.0406. The SMILES string of the molecule is C=CCOC(=O)[C@H]1[C@H]2C(=O)N(CCCO)C(C(=O)N(CC=C)CCN3CCOCC3)C23CC(C)[C@]1(C)O3. The van der Waals surface area contributed by atoms with E-state index in [1.165, 1.54) is 6.08 Å². The van der Waals surface area contributed by atoms with Crippen molar-refractivity contribution in [3.05, 3.63) is 25.3 Å². The fraction of sp³-hybridized carbons (Fsp3) is 0.741. The lowest BCUT2D eigenvalue weighted by molar-refractivity contribution is -0.161. The fourth-order valence-corrected chi connectivity index (χ4v) is 6.80. The average Bonchev–Trinajstić information content (AvgIpc) is 3.40. The molecule has 37 heavy (non-hydrogen) atoms. The summed E-state index contributed by atoms with van der Waals surface area (Å²) < 4.78 is 17.5. The zero-order valence-corrected chi connectivity index (χ0v) is 22.1. The Kier molecular flexibility index (Phi) is 8.42. The Hall–Kier alpha value is -2.27. The summed E-state index contributed by atoms with van der Waals surface area (Å²) in [7, 11) is 0. The minimum atomic E-state index is -1.13. The lowest BCUT2D eigenvalue weighted by Crippen LogP contribution is -2.57. The molecule has 1 spiro atoms. The highest BCUT2D eigenvalue weighted by molar-refractivity contribution is 5.98. The number of likely N-dealkylation sites (tertiary alicyclic amines) is 1. The summed E-state index contributed by atoms with van der Waals surface area (Å²) in [5.74, 6) is -2.69. The van der Waals surface area contributed by atoms with Crippen molar-refractivity contribution < 1.29 is 33.7 Å². The molecule has 4 saturated heterocycles. The molecule has 1 N–H and O–H groups in total. The molecule has 4 fully saturated rings. The van der Waals surface area contributed by atoms with Crippen molar-refractivity contribution in [1.82, 2.24) is 14.7 Å². The molecule has 10 heteroatoms. The van der Waals surface area contributed by atoms with Crippen LogP contribution in [0.25, 0.3) is 0 Å². The van der Waals surface area contributed by atoms with E-state index < -0.39 is 35.0 Å². The van der Waals surface area contributed by atoms with Gasteiger partial charge >= 0.3 is 5.97 Å². The minimum Gasteiger partial charge on any atom is -0.461 e. The number of carbonyl (C=O) groups excluding carboxylic acids is 3. The second-order valence-corrected chi connectivity index (χ2v) is 10.8. The summed E-state index contributed by atoms with van der Waals surface area (Å²) in [6.07, 6.45) is 3.99. The van der Waals surface area contributed by atoms with Crippen molar-refractivity contribution in [2.24, 2.45) is 17.8 Å². The Morgan fingerprint density at radius 2 is 1.97 bits per heavy atom. The topological polar surface area (TPSA) is 109 Å². The van der Waals surface area contributed by atoms with E-state index in [4.69, 9.17) is 14.2 Å². The Labute approximate surface area is 219 Å². The largest absolute Gasteiger partial charge is 0.461 e. The van der Waals surface area contributed by atoms with Gasteiger partial charge in [0.25, 0.3) is 0 Å². The van der Waals surface area contributed by atoms with Crippen LogP contribution in [0.4, 0.5) is 0 Å². The maximum Gasteiger partial charge on any atom is 0.313 e. The number of esters is 1. The molecule has 2 amide bonds. The quantitative estimate of drug-likeness (QED) is 0.293. The van der Waals surface area contributed by atoms with Crippen LogP contribution in [-0.4, -0.2) is 121 Å². The standard InChI is InChI=1S/C27H41N3O7/c1-5-8-29(11-10-28-12-16-35-17-13-28)24(33)22-27-18-19(3)26(4,37-27)21(25(34)36-15-6-2)20(27)23(32)30(22)9-7-14-31/h5-6,19-22,31H,1-2,7-18H2,3-4H3/t19?,20-,21+,22?,26-,27?/m0/s1. The number of amides is 2. The van der Waals surface area contributed by atoms with Gasteiger partial charge in [0.05, 0.1) is 24.7 Å². The number of hydrogen-bond acceptors (Lipinski definition) is 8. The van der Waals surface area contributed by atoms with Gasteiger partial charge in [-0.25, -0.2) is 0 Å². The van der Waals surface area contributed by atoms with E-state index in [2.05, 4.69) is 18.1 Å². The molecule has 4 rings (SSSR count). The Bertz CT molecular complexity index is 906. The number of ether oxygens (including phenoxy) is 3. The molecule has 0 aromatic heterocycles. The van der Waals surface area contributed by atoms with Gasteiger partial charge in [-0.05, 0) is 25.7 Å². The molecular formula is C27H41N3O7. The van der Waals surface area contributed by atoms with Crippen LogP contribution in [0.5, 0.6) is 0 Å². The van der Waals surface area contributed by atoms with Crippen LogP contribution in [0.15, 0.2) is 25.3 Å². The molecule has 0 saturated carbocycles. The second-order valence-electron chi connectivity index (χ2n) is 10.8. The molecule has 0 aromatic carbocycles. The summed E-state index contributed by atoms with van der Waals surface area (Å²) in [4.78, 5) is 47.0. The van der Waals surface area contributed by atoms with Crippen LogP contribution >= 0.6 is 0 Å². The molecule has 10 nitrogen and oxygen atoms in total. The van der Waals surface area contributed by atoms with Crippen LogP contribution in [0, 0.1) is 17.8 Å². The first-order valence-corrected chi connectivity index (χ1v) is 13.3. The van der Waals surface area contributed by atoms with Crippen molar-refractivity contribution >= 4 is 17.8 Å². The van der Waals surface area contributed by atoms with Crippen molar-refractivity contribution in [3.8, 4) is 0 Å². The molecule has 0 aliphatic carbocycles. The Morgan fingerprint density at radius 1 is 1.24 bits per heavy atom. The van der Waals surface area contributed by atoms with E-state index in [-0.39, 0.29) is 37.5 Å². The van der Waals surface area contributed by atoms with Crippen LogP contribution in [-0.2, 0) is 28.6 Å². The van der Waals surface area contributed by atoms with Gasteiger partial charge in [-0.1, -0.05) is 25.7 Å². The normalized spacial score (nSPS) is 34.9. The highest BCUT2D eigenvalue weighted by Crippen LogP contribution is 2.65. The zero-order valence-electron chi connectivity index (χ0n) is 22.1. The van der Waals surface area contributed by atoms with E-state index in [1.54, 1.807) is 15.9 Å². The van der Waals surface area contributed by atoms with Crippen LogP contribution in [0.2, 0.25) is 0 Å². The lowest BCUT2D eigenvalue weighted by atomic mass is 9.62.